The van der Waals surface area contributed by atoms with Crippen molar-refractivity contribution in [1.29, 1.82) is 0 Å². The number of benzene rings is 3. The van der Waals surface area contributed by atoms with Gasteiger partial charge in [0.25, 0.3) is 5.91 Å². The number of hydrogen-bond acceptors (Lipinski definition) is 4. The fraction of sp³-hybridized carbons (Fsp3) is 0.259. The molecule has 170 valence electrons. The minimum Gasteiger partial charge on any atom is -0.488 e. The second-order valence-electron chi connectivity index (χ2n) is 8.28. The molecule has 0 radical (unpaired) electrons. The van der Waals surface area contributed by atoms with Gasteiger partial charge in [0.05, 0.1) is 16.1 Å². The molecule has 3 aromatic rings. The third-order valence-corrected chi connectivity index (χ3v) is 6.15. The summed E-state index contributed by atoms with van der Waals surface area (Å²) in [5.74, 6) is 0.131. The van der Waals surface area contributed by atoms with Crippen LogP contribution >= 0.6 is 11.6 Å². The molecule has 0 aliphatic carbocycles. The Kier molecular flexibility index (Phi) is 7.43. The molecular formula is C27H27ClN2O3. The van der Waals surface area contributed by atoms with E-state index in [9.17, 15) is 9.59 Å². The lowest BCUT2D eigenvalue weighted by atomic mass is 10.00. The summed E-state index contributed by atoms with van der Waals surface area (Å²) in [6.07, 6.45) is 0.227. The lowest BCUT2D eigenvalue weighted by Gasteiger charge is -2.32. The Morgan fingerprint density at radius 2 is 1.45 bits per heavy atom. The first-order chi connectivity index (χ1) is 16.0. The van der Waals surface area contributed by atoms with Gasteiger partial charge in [-0.05, 0) is 30.3 Å². The Labute approximate surface area is 199 Å². The van der Waals surface area contributed by atoms with Gasteiger partial charge in [0.15, 0.2) is 5.78 Å². The number of likely N-dealkylation sites (N-methyl/N-ethyl adjacent to an activating group) is 1. The lowest BCUT2D eigenvalue weighted by molar-refractivity contribution is 0.0663. The molecule has 1 fully saturated rings. The van der Waals surface area contributed by atoms with Gasteiger partial charge in [0.2, 0.25) is 0 Å². The van der Waals surface area contributed by atoms with Crippen molar-refractivity contribution in [3.05, 3.63) is 100 Å². The first-order valence-corrected chi connectivity index (χ1v) is 11.4. The Balaban J connectivity index is 1.63. The van der Waals surface area contributed by atoms with Crippen LogP contribution in [0.15, 0.2) is 72.8 Å². The van der Waals surface area contributed by atoms with Crippen LogP contribution in [-0.4, -0.2) is 54.7 Å². The highest BCUT2D eigenvalue weighted by molar-refractivity contribution is 6.34. The zero-order chi connectivity index (χ0) is 23.2. The smallest absolute Gasteiger partial charge is 0.255 e. The van der Waals surface area contributed by atoms with Gasteiger partial charge in [-0.3, -0.25) is 9.59 Å². The van der Waals surface area contributed by atoms with Crippen LogP contribution in [-0.2, 0) is 13.0 Å². The third-order valence-electron chi connectivity index (χ3n) is 5.84. The Hall–Kier alpha value is -3.15. The van der Waals surface area contributed by atoms with Crippen LogP contribution in [0, 0.1) is 0 Å². The average Bonchev–Trinajstić information content (AvgIpc) is 2.84. The van der Waals surface area contributed by atoms with Crippen LogP contribution in [0.4, 0.5) is 0 Å². The topological polar surface area (TPSA) is 49.9 Å². The highest BCUT2D eigenvalue weighted by atomic mass is 35.5. The van der Waals surface area contributed by atoms with Gasteiger partial charge in [-0.2, -0.15) is 0 Å². The van der Waals surface area contributed by atoms with Crippen LogP contribution < -0.4 is 4.74 Å². The van der Waals surface area contributed by atoms with E-state index in [2.05, 4.69) is 4.90 Å². The second-order valence-corrected chi connectivity index (χ2v) is 8.69. The molecule has 0 aromatic heterocycles. The summed E-state index contributed by atoms with van der Waals surface area (Å²) in [6, 6.07) is 22.5. The molecule has 3 aromatic carbocycles. The van der Waals surface area contributed by atoms with Crippen LogP contribution in [0.25, 0.3) is 0 Å². The van der Waals surface area contributed by atoms with Crippen molar-refractivity contribution in [3.8, 4) is 5.75 Å². The monoisotopic (exact) mass is 462 g/mol. The molecule has 1 amide bonds. The van der Waals surface area contributed by atoms with Gasteiger partial charge < -0.3 is 14.5 Å². The zero-order valence-corrected chi connectivity index (χ0v) is 19.4. The number of ketones is 1. The van der Waals surface area contributed by atoms with Crippen molar-refractivity contribution in [2.24, 2.45) is 0 Å². The zero-order valence-electron chi connectivity index (χ0n) is 18.7. The van der Waals surface area contributed by atoms with Crippen molar-refractivity contribution < 1.29 is 14.3 Å². The number of carbonyl (C=O) groups is 2. The van der Waals surface area contributed by atoms with Crippen LogP contribution in [0.3, 0.4) is 0 Å². The summed E-state index contributed by atoms with van der Waals surface area (Å²) in [4.78, 5) is 30.4. The minimum atomic E-state index is -0.139. The van der Waals surface area contributed by atoms with E-state index in [1.807, 2.05) is 67.7 Å². The first kappa shape index (κ1) is 23.0. The number of rotatable bonds is 7. The van der Waals surface area contributed by atoms with E-state index in [0.717, 1.165) is 24.2 Å². The van der Waals surface area contributed by atoms with Crippen LogP contribution in [0.1, 0.15) is 31.8 Å². The Morgan fingerprint density at radius 1 is 0.848 bits per heavy atom. The number of carbonyl (C=O) groups excluding carboxylic acids is 2. The van der Waals surface area contributed by atoms with Gasteiger partial charge in [-0.1, -0.05) is 72.3 Å². The highest BCUT2D eigenvalue weighted by Crippen LogP contribution is 2.30. The molecule has 1 saturated heterocycles. The molecule has 0 spiro atoms. The van der Waals surface area contributed by atoms with Crippen LogP contribution in [0.5, 0.6) is 5.75 Å². The van der Waals surface area contributed by atoms with E-state index in [1.165, 1.54) is 0 Å². The summed E-state index contributed by atoms with van der Waals surface area (Å²) in [5, 5.41) is 0.266. The molecular weight excluding hydrogens is 436 g/mol. The number of piperazine rings is 1. The molecule has 33 heavy (non-hydrogen) atoms. The van der Waals surface area contributed by atoms with Crippen molar-refractivity contribution in [2.75, 3.05) is 33.2 Å². The standard InChI is InChI=1S/C27H27ClN2O3/c1-29-12-14-30(15-13-29)27(32)22-18-26(33-19-21-10-6-3-7-11-21)23(17-24(22)28)25(31)16-20-8-4-2-5-9-20/h2-11,17-18H,12-16,19H2,1H3. The molecule has 0 unspecified atom stereocenters. The second kappa shape index (κ2) is 10.6. The van der Waals surface area contributed by atoms with Crippen molar-refractivity contribution in [1.82, 2.24) is 9.80 Å². The van der Waals surface area contributed by atoms with Gasteiger partial charge in [0, 0.05) is 32.6 Å². The predicted octanol–water partition coefficient (Wildman–Crippen LogP) is 4.73. The number of Topliss-reactive ketones (excluding diaryl/α,β-unsaturated/α-hetero) is 1. The quantitative estimate of drug-likeness (QED) is 0.476. The molecule has 4 rings (SSSR count). The molecule has 0 atom stereocenters. The maximum Gasteiger partial charge on any atom is 0.255 e. The fourth-order valence-corrected chi connectivity index (χ4v) is 4.09. The molecule has 0 N–H and O–H groups in total. The predicted molar refractivity (Wildman–Crippen MR) is 130 cm³/mol. The van der Waals surface area contributed by atoms with Crippen LogP contribution in [0.2, 0.25) is 5.02 Å². The summed E-state index contributed by atoms with van der Waals surface area (Å²) in [6.45, 7) is 3.19. The molecule has 1 aliphatic rings. The highest BCUT2D eigenvalue weighted by Gasteiger charge is 2.25. The van der Waals surface area contributed by atoms with E-state index in [-0.39, 0.29) is 29.7 Å². The average molecular weight is 463 g/mol. The number of amides is 1. The Morgan fingerprint density at radius 3 is 2.09 bits per heavy atom. The third kappa shape index (κ3) is 5.81. The number of nitrogens with zero attached hydrogens (tertiary/aromatic N) is 2. The summed E-state index contributed by atoms with van der Waals surface area (Å²) in [5.41, 5.74) is 2.63. The maximum absolute atomic E-state index is 13.2. The molecule has 0 saturated carbocycles. The fourth-order valence-electron chi connectivity index (χ4n) is 3.85. The van der Waals surface area contributed by atoms with E-state index in [0.29, 0.717) is 30.0 Å². The molecule has 5 nitrogen and oxygen atoms in total. The summed E-state index contributed by atoms with van der Waals surface area (Å²) in [7, 11) is 2.04. The maximum atomic E-state index is 13.2. The molecule has 6 heteroatoms. The lowest BCUT2D eigenvalue weighted by Crippen LogP contribution is -2.47. The van der Waals surface area contributed by atoms with Gasteiger partial charge in [-0.25, -0.2) is 0 Å². The summed E-state index contributed by atoms with van der Waals surface area (Å²) >= 11 is 6.54. The van der Waals surface area contributed by atoms with Crippen molar-refractivity contribution in [3.63, 3.8) is 0 Å². The summed E-state index contributed by atoms with van der Waals surface area (Å²) < 4.78 is 6.07. The molecule has 1 heterocycles. The SMILES string of the molecule is CN1CCN(C(=O)c2cc(OCc3ccccc3)c(C(=O)Cc3ccccc3)cc2Cl)CC1. The van der Waals surface area contributed by atoms with Gasteiger partial charge in [-0.15, -0.1) is 0 Å². The van der Waals surface area contributed by atoms with E-state index in [4.69, 9.17) is 16.3 Å². The van der Waals surface area contributed by atoms with E-state index < -0.39 is 0 Å². The number of ether oxygens (including phenoxy) is 1. The normalized spacial score (nSPS) is 14.2. The van der Waals surface area contributed by atoms with E-state index >= 15 is 0 Å². The number of hydrogen-bond donors (Lipinski definition) is 0. The first-order valence-electron chi connectivity index (χ1n) is 11.1. The molecule has 0 bridgehead atoms. The molecule has 1 aliphatic heterocycles. The van der Waals surface area contributed by atoms with Gasteiger partial charge >= 0.3 is 0 Å². The van der Waals surface area contributed by atoms with Crippen molar-refractivity contribution >= 4 is 23.3 Å². The van der Waals surface area contributed by atoms with Gasteiger partial charge in [0.1, 0.15) is 12.4 Å². The number of halogens is 1. The largest absolute Gasteiger partial charge is 0.488 e. The van der Waals surface area contributed by atoms with E-state index in [1.54, 1.807) is 17.0 Å². The Bertz CT molecular complexity index is 1110. The minimum absolute atomic E-state index is 0.107. The van der Waals surface area contributed by atoms with Crippen molar-refractivity contribution in [2.45, 2.75) is 13.0 Å².